The van der Waals surface area contributed by atoms with Gasteiger partial charge in [0.15, 0.2) is 22.5 Å². The summed E-state index contributed by atoms with van der Waals surface area (Å²) in [6, 6.07) is 3.96. The van der Waals surface area contributed by atoms with Gasteiger partial charge in [-0.3, -0.25) is 4.79 Å². The summed E-state index contributed by atoms with van der Waals surface area (Å²) in [6.07, 6.45) is 7.07. The molecule has 0 bridgehead atoms. The Morgan fingerprint density at radius 3 is 2.27 bits per heavy atom. The molecule has 0 radical (unpaired) electrons. The van der Waals surface area contributed by atoms with Crippen molar-refractivity contribution in [3.05, 3.63) is 12.1 Å². The zero-order chi connectivity index (χ0) is 21.5. The van der Waals surface area contributed by atoms with Gasteiger partial charge >= 0.3 is 0 Å². The fraction of sp³-hybridized carbons (Fsp3) is 0.571. The van der Waals surface area contributed by atoms with Gasteiger partial charge in [0.2, 0.25) is 11.7 Å². The molecule has 8 nitrogen and oxygen atoms in total. The molecule has 1 N–H and O–H groups in total. The van der Waals surface area contributed by atoms with Gasteiger partial charge in [-0.05, 0) is 25.0 Å². The van der Waals surface area contributed by atoms with E-state index in [4.69, 9.17) is 14.2 Å². The molecule has 0 spiro atoms. The van der Waals surface area contributed by atoms with Crippen LogP contribution in [0.4, 0.5) is 0 Å². The average Bonchev–Trinajstić information content (AvgIpc) is 2.94. The lowest BCUT2D eigenvalue weighted by Gasteiger charge is -2.16. The molecule has 0 aliphatic heterocycles. The lowest BCUT2D eigenvalue weighted by molar-refractivity contribution is -0.119. The quantitative estimate of drug-likeness (QED) is 0.503. The maximum absolute atomic E-state index is 12.4. The SMILES string of the molecule is COc1cc(-c2nnc(SCC(=O)NC3CCCCCC3)n2C)cc(OC)c1OC. The Balaban J connectivity index is 1.69. The van der Waals surface area contributed by atoms with Crippen molar-refractivity contribution < 1.29 is 19.0 Å². The Hall–Kier alpha value is -2.42. The van der Waals surface area contributed by atoms with Crippen LogP contribution in [-0.2, 0) is 11.8 Å². The number of aromatic nitrogens is 3. The van der Waals surface area contributed by atoms with Gasteiger partial charge in [-0.1, -0.05) is 37.4 Å². The summed E-state index contributed by atoms with van der Waals surface area (Å²) in [7, 11) is 6.60. The largest absolute Gasteiger partial charge is 0.493 e. The summed E-state index contributed by atoms with van der Waals surface area (Å²) in [5.41, 5.74) is 0.786. The van der Waals surface area contributed by atoms with Crippen molar-refractivity contribution in [3.63, 3.8) is 0 Å². The van der Waals surface area contributed by atoms with Crippen LogP contribution in [0.2, 0.25) is 0 Å². The van der Waals surface area contributed by atoms with Crippen LogP contribution in [0.1, 0.15) is 38.5 Å². The number of amides is 1. The Morgan fingerprint density at radius 2 is 1.70 bits per heavy atom. The van der Waals surface area contributed by atoms with E-state index in [1.165, 1.54) is 37.4 Å². The summed E-state index contributed by atoms with van der Waals surface area (Å²) in [4.78, 5) is 12.4. The molecule has 0 unspecified atom stereocenters. The van der Waals surface area contributed by atoms with E-state index in [2.05, 4.69) is 15.5 Å². The molecule has 2 aromatic rings. The number of benzene rings is 1. The number of hydrogen-bond acceptors (Lipinski definition) is 7. The highest BCUT2D eigenvalue weighted by atomic mass is 32.2. The number of nitrogens with one attached hydrogen (secondary N) is 1. The van der Waals surface area contributed by atoms with E-state index in [0.717, 1.165) is 18.4 Å². The maximum Gasteiger partial charge on any atom is 0.230 e. The number of nitrogens with zero attached hydrogens (tertiary/aromatic N) is 3. The third-order valence-corrected chi connectivity index (χ3v) is 6.33. The van der Waals surface area contributed by atoms with Crippen molar-refractivity contribution in [2.45, 2.75) is 49.7 Å². The summed E-state index contributed by atoms with van der Waals surface area (Å²) in [6.45, 7) is 0. The number of rotatable bonds is 8. The molecular weight excluding hydrogens is 404 g/mol. The molecular formula is C21H30N4O4S. The first-order chi connectivity index (χ1) is 14.6. The van der Waals surface area contributed by atoms with E-state index in [0.29, 0.717) is 40.0 Å². The summed E-state index contributed by atoms with van der Waals surface area (Å²) in [5, 5.41) is 12.4. The molecule has 1 aromatic carbocycles. The van der Waals surface area contributed by atoms with Crippen LogP contribution in [0.15, 0.2) is 17.3 Å². The molecule has 0 atom stereocenters. The van der Waals surface area contributed by atoms with Gasteiger partial charge in [0.05, 0.1) is 27.1 Å². The molecule has 9 heteroatoms. The van der Waals surface area contributed by atoms with Crippen molar-refractivity contribution >= 4 is 17.7 Å². The van der Waals surface area contributed by atoms with Gasteiger partial charge in [0.1, 0.15) is 0 Å². The smallest absolute Gasteiger partial charge is 0.230 e. The molecule has 1 aliphatic rings. The van der Waals surface area contributed by atoms with Gasteiger partial charge in [-0.2, -0.15) is 0 Å². The topological polar surface area (TPSA) is 87.5 Å². The first-order valence-corrected chi connectivity index (χ1v) is 11.2. The maximum atomic E-state index is 12.4. The zero-order valence-electron chi connectivity index (χ0n) is 18.1. The fourth-order valence-electron chi connectivity index (χ4n) is 3.73. The average molecular weight is 435 g/mol. The second kappa shape index (κ2) is 10.6. The first kappa shape index (κ1) is 22.3. The minimum absolute atomic E-state index is 0.0456. The van der Waals surface area contributed by atoms with Crippen LogP contribution in [0.5, 0.6) is 17.2 Å². The predicted molar refractivity (Wildman–Crippen MR) is 116 cm³/mol. The molecule has 1 aromatic heterocycles. The highest BCUT2D eigenvalue weighted by Crippen LogP contribution is 2.41. The van der Waals surface area contributed by atoms with Crippen LogP contribution in [-0.4, -0.2) is 53.8 Å². The molecule has 1 amide bonds. The normalized spacial score (nSPS) is 14.8. The summed E-state index contributed by atoms with van der Waals surface area (Å²) in [5.74, 6) is 2.64. The predicted octanol–water partition coefficient (Wildman–Crippen LogP) is 3.44. The third-order valence-electron chi connectivity index (χ3n) is 5.31. The van der Waals surface area contributed by atoms with E-state index in [1.54, 1.807) is 21.3 Å². The molecule has 1 fully saturated rings. The summed E-state index contributed by atoms with van der Waals surface area (Å²) >= 11 is 1.38. The van der Waals surface area contributed by atoms with Gasteiger partial charge in [-0.15, -0.1) is 10.2 Å². The lowest BCUT2D eigenvalue weighted by Crippen LogP contribution is -2.35. The number of thioether (sulfide) groups is 1. The molecule has 164 valence electrons. The van der Waals surface area contributed by atoms with Gasteiger partial charge < -0.3 is 24.1 Å². The van der Waals surface area contributed by atoms with Crippen molar-refractivity contribution in [3.8, 4) is 28.6 Å². The Morgan fingerprint density at radius 1 is 1.07 bits per heavy atom. The first-order valence-electron chi connectivity index (χ1n) is 10.2. The third kappa shape index (κ3) is 5.19. The second-order valence-electron chi connectivity index (χ2n) is 7.32. The molecule has 1 aliphatic carbocycles. The van der Waals surface area contributed by atoms with E-state index >= 15 is 0 Å². The molecule has 30 heavy (non-hydrogen) atoms. The van der Waals surface area contributed by atoms with Crippen LogP contribution in [0.3, 0.4) is 0 Å². The van der Waals surface area contributed by atoms with Gasteiger partial charge in [0.25, 0.3) is 0 Å². The summed E-state index contributed by atoms with van der Waals surface area (Å²) < 4.78 is 18.1. The minimum atomic E-state index is 0.0456. The lowest BCUT2D eigenvalue weighted by atomic mass is 10.1. The highest BCUT2D eigenvalue weighted by Gasteiger charge is 2.19. The Kier molecular flexibility index (Phi) is 7.84. The number of carbonyl (C=O) groups excluding carboxylic acids is 1. The number of methoxy groups -OCH3 is 3. The Bertz CT molecular complexity index is 838. The van der Waals surface area contributed by atoms with Crippen molar-refractivity contribution in [1.29, 1.82) is 0 Å². The van der Waals surface area contributed by atoms with Crippen LogP contribution in [0.25, 0.3) is 11.4 Å². The molecule has 3 rings (SSSR count). The van der Waals surface area contributed by atoms with Crippen LogP contribution < -0.4 is 19.5 Å². The van der Waals surface area contributed by atoms with E-state index in [-0.39, 0.29) is 5.91 Å². The highest BCUT2D eigenvalue weighted by molar-refractivity contribution is 7.99. The van der Waals surface area contributed by atoms with Gasteiger partial charge in [0, 0.05) is 18.7 Å². The van der Waals surface area contributed by atoms with E-state index in [9.17, 15) is 4.79 Å². The van der Waals surface area contributed by atoms with E-state index < -0.39 is 0 Å². The standard InChI is InChI=1S/C21H30N4O4S/c1-25-20(14-11-16(27-2)19(29-4)17(12-14)28-3)23-24-21(25)30-13-18(26)22-15-9-7-5-6-8-10-15/h11-12,15H,5-10,13H2,1-4H3,(H,22,26). The zero-order valence-corrected chi connectivity index (χ0v) is 18.9. The monoisotopic (exact) mass is 434 g/mol. The number of ether oxygens (including phenoxy) is 3. The number of carbonyl (C=O) groups is 1. The Labute approximate surface area is 181 Å². The van der Waals surface area contributed by atoms with Crippen LogP contribution in [0, 0.1) is 0 Å². The van der Waals surface area contributed by atoms with Crippen molar-refractivity contribution in [2.75, 3.05) is 27.1 Å². The van der Waals surface area contributed by atoms with Gasteiger partial charge in [-0.25, -0.2) is 0 Å². The van der Waals surface area contributed by atoms with E-state index in [1.807, 2.05) is 23.7 Å². The van der Waals surface area contributed by atoms with Crippen LogP contribution >= 0.6 is 11.8 Å². The van der Waals surface area contributed by atoms with Crippen molar-refractivity contribution in [2.24, 2.45) is 7.05 Å². The molecule has 1 saturated carbocycles. The van der Waals surface area contributed by atoms with Crippen molar-refractivity contribution in [1.82, 2.24) is 20.1 Å². The molecule has 1 heterocycles. The second-order valence-corrected chi connectivity index (χ2v) is 8.27. The molecule has 0 saturated heterocycles. The minimum Gasteiger partial charge on any atom is -0.493 e. The number of hydrogen-bond donors (Lipinski definition) is 1. The fourth-order valence-corrected chi connectivity index (χ4v) is 4.45.